The fourth-order valence-corrected chi connectivity index (χ4v) is 4.38. The van der Waals surface area contributed by atoms with Gasteiger partial charge in [0.05, 0.1) is 10.6 Å². The van der Waals surface area contributed by atoms with Gasteiger partial charge < -0.3 is 0 Å². The maximum absolute atomic E-state index is 13.0. The molecule has 0 bridgehead atoms. The van der Waals surface area contributed by atoms with Crippen molar-refractivity contribution in [3.63, 3.8) is 0 Å². The maximum Gasteiger partial charge on any atom is 0.243 e. The van der Waals surface area contributed by atoms with Gasteiger partial charge in [-0.2, -0.15) is 9.40 Å². The zero-order chi connectivity index (χ0) is 18.9. The Balaban J connectivity index is 1.91. The van der Waals surface area contributed by atoms with E-state index in [1.807, 2.05) is 48.9 Å². The molecule has 0 N–H and O–H groups in total. The molecule has 0 saturated heterocycles. The first-order chi connectivity index (χ1) is 12.3. The molecule has 3 aromatic rings. The van der Waals surface area contributed by atoms with Crippen LogP contribution in [0.3, 0.4) is 0 Å². The molecule has 0 aliphatic carbocycles. The summed E-state index contributed by atoms with van der Waals surface area (Å²) in [6, 6.07) is 13.0. The lowest BCUT2D eigenvalue weighted by molar-refractivity contribution is 0.464. The predicted octanol–water partition coefficient (Wildman–Crippen LogP) is 3.88. The lowest BCUT2D eigenvalue weighted by Crippen LogP contribution is -2.27. The minimum Gasteiger partial charge on any atom is -0.269 e. The Morgan fingerprint density at radius 2 is 1.77 bits per heavy atom. The first-order valence-corrected chi connectivity index (χ1v) is 10.3. The van der Waals surface area contributed by atoms with Gasteiger partial charge in [-0.3, -0.25) is 4.68 Å². The summed E-state index contributed by atoms with van der Waals surface area (Å²) in [5.74, 6) is 0. The minimum absolute atomic E-state index is 0.315. The summed E-state index contributed by atoms with van der Waals surface area (Å²) >= 11 is 0. The summed E-state index contributed by atoms with van der Waals surface area (Å²) in [6.45, 7) is 7.20. The standard InChI is InChI=1S/C20H25N3O2S/c1-5-12-23-16(3)20(15(2)21-23)14-22(4)26(24,25)19-11-10-17-8-6-7-9-18(17)13-19/h6-11,13H,5,12,14H2,1-4H3. The van der Waals surface area contributed by atoms with Crippen molar-refractivity contribution in [2.75, 3.05) is 7.05 Å². The second-order valence-electron chi connectivity index (χ2n) is 6.64. The van der Waals surface area contributed by atoms with Crippen LogP contribution in [0.5, 0.6) is 0 Å². The molecule has 0 saturated carbocycles. The van der Waals surface area contributed by atoms with Crippen molar-refractivity contribution in [3.8, 4) is 0 Å². The van der Waals surface area contributed by atoms with E-state index >= 15 is 0 Å². The van der Waals surface area contributed by atoms with E-state index in [-0.39, 0.29) is 0 Å². The fraction of sp³-hybridized carbons (Fsp3) is 0.350. The van der Waals surface area contributed by atoms with Gasteiger partial charge in [0.1, 0.15) is 0 Å². The molecule has 5 nitrogen and oxygen atoms in total. The summed E-state index contributed by atoms with van der Waals surface area (Å²) in [7, 11) is -1.94. The molecule has 6 heteroatoms. The predicted molar refractivity (Wildman–Crippen MR) is 105 cm³/mol. The highest BCUT2D eigenvalue weighted by atomic mass is 32.2. The number of benzene rings is 2. The normalized spacial score (nSPS) is 12.2. The van der Waals surface area contributed by atoms with Gasteiger partial charge in [0.25, 0.3) is 0 Å². The van der Waals surface area contributed by atoms with Crippen LogP contribution in [-0.2, 0) is 23.1 Å². The number of nitrogens with zero attached hydrogens (tertiary/aromatic N) is 3. The Kier molecular flexibility index (Phi) is 5.16. The Labute approximate surface area is 155 Å². The molecule has 0 aliphatic heterocycles. The van der Waals surface area contributed by atoms with Crippen LogP contribution in [0.15, 0.2) is 47.4 Å². The van der Waals surface area contributed by atoms with Crippen molar-refractivity contribution < 1.29 is 8.42 Å². The van der Waals surface area contributed by atoms with E-state index in [1.165, 1.54) is 4.31 Å². The zero-order valence-electron chi connectivity index (χ0n) is 15.7. The van der Waals surface area contributed by atoms with Gasteiger partial charge in [-0.1, -0.05) is 37.3 Å². The van der Waals surface area contributed by atoms with Gasteiger partial charge in [0.15, 0.2) is 0 Å². The summed E-state index contributed by atoms with van der Waals surface area (Å²) in [5, 5.41) is 6.49. The van der Waals surface area contributed by atoms with Crippen LogP contribution in [-0.4, -0.2) is 29.6 Å². The molecule has 0 amide bonds. The van der Waals surface area contributed by atoms with E-state index in [1.54, 1.807) is 19.2 Å². The molecule has 0 atom stereocenters. The van der Waals surface area contributed by atoms with Crippen molar-refractivity contribution in [2.45, 2.75) is 45.2 Å². The molecule has 1 heterocycles. The first-order valence-electron chi connectivity index (χ1n) is 8.82. The van der Waals surface area contributed by atoms with E-state index in [0.29, 0.717) is 11.4 Å². The minimum atomic E-state index is -3.57. The maximum atomic E-state index is 13.0. The van der Waals surface area contributed by atoms with Crippen LogP contribution in [0, 0.1) is 13.8 Å². The summed E-state index contributed by atoms with van der Waals surface area (Å²) < 4.78 is 29.4. The average Bonchev–Trinajstić information content (AvgIpc) is 2.89. The van der Waals surface area contributed by atoms with Gasteiger partial charge in [0, 0.05) is 31.4 Å². The van der Waals surface area contributed by atoms with Crippen LogP contribution in [0.1, 0.15) is 30.3 Å². The fourth-order valence-electron chi connectivity index (χ4n) is 3.21. The highest BCUT2D eigenvalue weighted by molar-refractivity contribution is 7.89. The van der Waals surface area contributed by atoms with E-state index in [9.17, 15) is 8.42 Å². The topological polar surface area (TPSA) is 55.2 Å². The lowest BCUT2D eigenvalue weighted by atomic mass is 10.1. The summed E-state index contributed by atoms with van der Waals surface area (Å²) in [4.78, 5) is 0.315. The Hall–Kier alpha value is -2.18. The summed E-state index contributed by atoms with van der Waals surface area (Å²) in [6.07, 6.45) is 0.993. The third kappa shape index (κ3) is 3.39. The van der Waals surface area contributed by atoms with Crippen molar-refractivity contribution in [2.24, 2.45) is 0 Å². The van der Waals surface area contributed by atoms with E-state index in [0.717, 1.165) is 40.7 Å². The second-order valence-corrected chi connectivity index (χ2v) is 8.69. The van der Waals surface area contributed by atoms with Crippen LogP contribution in [0.2, 0.25) is 0 Å². The third-order valence-electron chi connectivity index (χ3n) is 4.78. The number of hydrogen-bond acceptors (Lipinski definition) is 3. The van der Waals surface area contributed by atoms with Gasteiger partial charge in [-0.15, -0.1) is 0 Å². The van der Waals surface area contributed by atoms with Gasteiger partial charge in [-0.25, -0.2) is 8.42 Å². The average molecular weight is 372 g/mol. The van der Waals surface area contributed by atoms with Gasteiger partial charge in [-0.05, 0) is 43.2 Å². The third-order valence-corrected chi connectivity index (χ3v) is 6.58. The van der Waals surface area contributed by atoms with Crippen LogP contribution >= 0.6 is 0 Å². The van der Waals surface area contributed by atoms with Gasteiger partial charge in [0.2, 0.25) is 10.0 Å². The second kappa shape index (κ2) is 7.21. The molecule has 138 valence electrons. The molecule has 0 radical (unpaired) electrons. The number of fused-ring (bicyclic) bond motifs is 1. The highest BCUT2D eigenvalue weighted by Gasteiger charge is 2.23. The number of sulfonamides is 1. The van der Waals surface area contributed by atoms with Crippen molar-refractivity contribution in [1.29, 1.82) is 0 Å². The molecule has 3 rings (SSSR count). The van der Waals surface area contributed by atoms with E-state index < -0.39 is 10.0 Å². The number of aromatic nitrogens is 2. The molecule has 2 aromatic carbocycles. The van der Waals surface area contributed by atoms with Crippen molar-refractivity contribution in [1.82, 2.24) is 14.1 Å². The van der Waals surface area contributed by atoms with Crippen molar-refractivity contribution in [3.05, 3.63) is 59.4 Å². The SMILES string of the molecule is CCCn1nc(C)c(CN(C)S(=O)(=O)c2ccc3ccccc3c2)c1C. The first kappa shape index (κ1) is 18.6. The number of aryl methyl sites for hydroxylation is 2. The quantitative estimate of drug-likeness (QED) is 0.661. The molecule has 0 fully saturated rings. The van der Waals surface area contributed by atoms with Gasteiger partial charge >= 0.3 is 0 Å². The van der Waals surface area contributed by atoms with Crippen molar-refractivity contribution >= 4 is 20.8 Å². The molecule has 0 unspecified atom stereocenters. The number of rotatable bonds is 6. The largest absolute Gasteiger partial charge is 0.269 e. The van der Waals surface area contributed by atoms with Crippen LogP contribution in [0.25, 0.3) is 10.8 Å². The Morgan fingerprint density at radius 3 is 2.46 bits per heavy atom. The molecule has 0 aliphatic rings. The molecular weight excluding hydrogens is 346 g/mol. The Morgan fingerprint density at radius 1 is 1.08 bits per heavy atom. The molecular formula is C20H25N3O2S. The summed E-state index contributed by atoms with van der Waals surface area (Å²) in [5.41, 5.74) is 2.90. The zero-order valence-corrected chi connectivity index (χ0v) is 16.5. The smallest absolute Gasteiger partial charge is 0.243 e. The Bertz CT molecular complexity index is 1040. The molecule has 1 aromatic heterocycles. The molecule has 0 spiro atoms. The number of hydrogen-bond donors (Lipinski definition) is 0. The lowest BCUT2D eigenvalue weighted by Gasteiger charge is -2.18. The monoisotopic (exact) mass is 371 g/mol. The van der Waals surface area contributed by atoms with Crippen LogP contribution in [0.4, 0.5) is 0 Å². The molecule has 26 heavy (non-hydrogen) atoms. The van der Waals surface area contributed by atoms with E-state index in [2.05, 4.69) is 12.0 Å². The highest BCUT2D eigenvalue weighted by Crippen LogP contribution is 2.24. The van der Waals surface area contributed by atoms with E-state index in [4.69, 9.17) is 0 Å². The van der Waals surface area contributed by atoms with Crippen LogP contribution < -0.4 is 0 Å².